The molecule has 1 aromatic carbocycles. The van der Waals surface area contributed by atoms with Gasteiger partial charge >= 0.3 is 0 Å². The molecule has 0 spiro atoms. The first-order valence-electron chi connectivity index (χ1n) is 6.40. The van der Waals surface area contributed by atoms with Crippen molar-refractivity contribution in [3.8, 4) is 0 Å². The zero-order valence-corrected chi connectivity index (χ0v) is 10.5. The maximum atomic E-state index is 11.8. The van der Waals surface area contributed by atoms with E-state index < -0.39 is 6.04 Å². The number of carbonyl (C=O) groups is 1. The molecular weight excluding hydrogens is 228 g/mol. The molecule has 0 saturated carbocycles. The van der Waals surface area contributed by atoms with Crippen LogP contribution in [0.2, 0.25) is 0 Å². The SMILES string of the molecule is N[C@@H](Cc1ccccc1)C(=O)NCC1CCOC1. The van der Waals surface area contributed by atoms with Crippen molar-refractivity contribution in [2.45, 2.75) is 18.9 Å². The van der Waals surface area contributed by atoms with Crippen LogP contribution in [0.5, 0.6) is 0 Å². The highest BCUT2D eigenvalue weighted by Gasteiger charge is 2.19. The van der Waals surface area contributed by atoms with E-state index in [-0.39, 0.29) is 5.91 Å². The molecule has 1 aliphatic rings. The molecule has 18 heavy (non-hydrogen) atoms. The molecule has 4 nitrogen and oxygen atoms in total. The number of hydrogen-bond donors (Lipinski definition) is 2. The maximum absolute atomic E-state index is 11.8. The number of nitrogens with two attached hydrogens (primary N) is 1. The monoisotopic (exact) mass is 248 g/mol. The summed E-state index contributed by atoms with van der Waals surface area (Å²) in [5, 5.41) is 2.90. The summed E-state index contributed by atoms with van der Waals surface area (Å²) < 4.78 is 5.26. The van der Waals surface area contributed by atoms with Gasteiger partial charge in [-0.25, -0.2) is 0 Å². The van der Waals surface area contributed by atoms with E-state index in [0.717, 1.165) is 25.2 Å². The van der Waals surface area contributed by atoms with Gasteiger partial charge in [0.15, 0.2) is 0 Å². The average molecular weight is 248 g/mol. The first kappa shape index (κ1) is 13.1. The first-order valence-corrected chi connectivity index (χ1v) is 6.40. The third-order valence-electron chi connectivity index (χ3n) is 3.22. The molecule has 4 heteroatoms. The molecule has 98 valence electrons. The van der Waals surface area contributed by atoms with Crippen LogP contribution in [0.3, 0.4) is 0 Å². The van der Waals surface area contributed by atoms with E-state index in [1.165, 1.54) is 0 Å². The Bertz CT molecular complexity index is 375. The summed E-state index contributed by atoms with van der Waals surface area (Å²) in [6.07, 6.45) is 1.60. The minimum Gasteiger partial charge on any atom is -0.381 e. The van der Waals surface area contributed by atoms with E-state index in [9.17, 15) is 4.79 Å². The molecule has 1 fully saturated rings. The van der Waals surface area contributed by atoms with Crippen LogP contribution in [0.25, 0.3) is 0 Å². The van der Waals surface area contributed by atoms with Gasteiger partial charge in [-0.2, -0.15) is 0 Å². The molecule has 1 unspecified atom stereocenters. The highest BCUT2D eigenvalue weighted by Crippen LogP contribution is 2.10. The van der Waals surface area contributed by atoms with Crippen LogP contribution >= 0.6 is 0 Å². The number of carbonyl (C=O) groups excluding carboxylic acids is 1. The standard InChI is InChI=1S/C14H20N2O2/c15-13(8-11-4-2-1-3-5-11)14(17)16-9-12-6-7-18-10-12/h1-5,12-13H,6-10,15H2,(H,16,17)/t12?,13-/m0/s1. The third kappa shape index (κ3) is 3.82. The van der Waals surface area contributed by atoms with Gasteiger partial charge in [-0.15, -0.1) is 0 Å². The molecule has 1 heterocycles. The maximum Gasteiger partial charge on any atom is 0.237 e. The van der Waals surface area contributed by atoms with Gasteiger partial charge in [0, 0.05) is 19.1 Å². The number of rotatable bonds is 5. The van der Waals surface area contributed by atoms with Gasteiger partial charge in [-0.1, -0.05) is 30.3 Å². The fourth-order valence-electron chi connectivity index (χ4n) is 2.08. The highest BCUT2D eigenvalue weighted by molar-refractivity contribution is 5.81. The van der Waals surface area contributed by atoms with Crippen molar-refractivity contribution in [1.29, 1.82) is 0 Å². The Kier molecular flexibility index (Phi) is 4.73. The lowest BCUT2D eigenvalue weighted by atomic mass is 10.1. The molecule has 0 radical (unpaired) electrons. The number of hydrogen-bond acceptors (Lipinski definition) is 3. The Morgan fingerprint density at radius 1 is 1.44 bits per heavy atom. The molecule has 1 aromatic rings. The molecule has 3 N–H and O–H groups in total. The molecular formula is C14H20N2O2. The lowest BCUT2D eigenvalue weighted by Crippen LogP contribution is -2.43. The van der Waals surface area contributed by atoms with E-state index in [1.807, 2.05) is 30.3 Å². The summed E-state index contributed by atoms with van der Waals surface area (Å²) >= 11 is 0. The third-order valence-corrected chi connectivity index (χ3v) is 3.22. The number of amides is 1. The van der Waals surface area contributed by atoms with Crippen molar-refractivity contribution in [1.82, 2.24) is 5.32 Å². The van der Waals surface area contributed by atoms with Crippen LogP contribution in [-0.2, 0) is 16.0 Å². The first-order chi connectivity index (χ1) is 8.75. The predicted molar refractivity (Wildman–Crippen MR) is 70.1 cm³/mol. The van der Waals surface area contributed by atoms with Crippen LogP contribution in [0.15, 0.2) is 30.3 Å². The van der Waals surface area contributed by atoms with Crippen molar-refractivity contribution in [2.24, 2.45) is 11.7 Å². The highest BCUT2D eigenvalue weighted by atomic mass is 16.5. The smallest absolute Gasteiger partial charge is 0.237 e. The van der Waals surface area contributed by atoms with Gasteiger partial charge in [0.05, 0.1) is 12.6 Å². The van der Waals surface area contributed by atoms with Crippen molar-refractivity contribution >= 4 is 5.91 Å². The molecule has 0 aromatic heterocycles. The number of ether oxygens (including phenoxy) is 1. The molecule has 1 amide bonds. The van der Waals surface area contributed by atoms with Crippen molar-refractivity contribution in [2.75, 3.05) is 19.8 Å². The molecule has 1 saturated heterocycles. The average Bonchev–Trinajstić information content (AvgIpc) is 2.90. The zero-order valence-electron chi connectivity index (χ0n) is 10.5. The summed E-state index contributed by atoms with van der Waals surface area (Å²) in [6.45, 7) is 2.21. The summed E-state index contributed by atoms with van der Waals surface area (Å²) in [6, 6.07) is 9.35. The predicted octanol–water partition coefficient (Wildman–Crippen LogP) is 0.709. The fourth-order valence-corrected chi connectivity index (χ4v) is 2.08. The Morgan fingerprint density at radius 2 is 2.22 bits per heavy atom. The molecule has 0 aliphatic carbocycles. The van der Waals surface area contributed by atoms with Gasteiger partial charge in [0.2, 0.25) is 5.91 Å². The summed E-state index contributed by atoms with van der Waals surface area (Å²) in [4.78, 5) is 11.8. The molecule has 2 rings (SSSR count). The largest absolute Gasteiger partial charge is 0.381 e. The lowest BCUT2D eigenvalue weighted by molar-refractivity contribution is -0.122. The van der Waals surface area contributed by atoms with Crippen molar-refractivity contribution < 1.29 is 9.53 Å². The van der Waals surface area contributed by atoms with E-state index in [2.05, 4.69) is 5.32 Å². The van der Waals surface area contributed by atoms with E-state index in [4.69, 9.17) is 10.5 Å². The van der Waals surface area contributed by atoms with Gasteiger partial charge in [0.25, 0.3) is 0 Å². The van der Waals surface area contributed by atoms with Gasteiger partial charge in [-0.3, -0.25) is 4.79 Å². The Hall–Kier alpha value is -1.39. The number of benzene rings is 1. The number of nitrogens with one attached hydrogen (secondary N) is 1. The van der Waals surface area contributed by atoms with Crippen molar-refractivity contribution in [3.63, 3.8) is 0 Å². The van der Waals surface area contributed by atoms with Gasteiger partial charge in [0.1, 0.15) is 0 Å². The quantitative estimate of drug-likeness (QED) is 0.806. The van der Waals surface area contributed by atoms with Crippen LogP contribution in [0.1, 0.15) is 12.0 Å². The van der Waals surface area contributed by atoms with E-state index in [0.29, 0.717) is 18.9 Å². The minimum absolute atomic E-state index is 0.0780. The summed E-state index contributed by atoms with van der Waals surface area (Å²) in [5.41, 5.74) is 6.98. The zero-order chi connectivity index (χ0) is 12.8. The summed E-state index contributed by atoms with van der Waals surface area (Å²) in [5.74, 6) is 0.364. The van der Waals surface area contributed by atoms with E-state index in [1.54, 1.807) is 0 Å². The topological polar surface area (TPSA) is 64.4 Å². The van der Waals surface area contributed by atoms with Gasteiger partial charge in [-0.05, 0) is 18.4 Å². The Balaban J connectivity index is 1.74. The second-order valence-electron chi connectivity index (χ2n) is 4.77. The minimum atomic E-state index is -0.477. The van der Waals surface area contributed by atoms with Crippen LogP contribution in [-0.4, -0.2) is 31.7 Å². The fraction of sp³-hybridized carbons (Fsp3) is 0.500. The Morgan fingerprint density at radius 3 is 2.89 bits per heavy atom. The van der Waals surface area contributed by atoms with Crippen molar-refractivity contribution in [3.05, 3.63) is 35.9 Å². The van der Waals surface area contributed by atoms with Gasteiger partial charge < -0.3 is 15.8 Å². The molecule has 0 bridgehead atoms. The second-order valence-corrected chi connectivity index (χ2v) is 4.77. The Labute approximate surface area is 108 Å². The van der Waals surface area contributed by atoms with Crippen LogP contribution in [0.4, 0.5) is 0 Å². The van der Waals surface area contributed by atoms with Crippen LogP contribution in [0, 0.1) is 5.92 Å². The normalized spacial score (nSPS) is 20.6. The lowest BCUT2D eigenvalue weighted by Gasteiger charge is -2.14. The molecule has 1 aliphatic heterocycles. The van der Waals surface area contributed by atoms with E-state index >= 15 is 0 Å². The van der Waals surface area contributed by atoms with Crippen LogP contribution < -0.4 is 11.1 Å². The second kappa shape index (κ2) is 6.52. The molecule has 2 atom stereocenters. The summed E-state index contributed by atoms with van der Waals surface area (Å²) in [7, 11) is 0.